The van der Waals surface area contributed by atoms with Gasteiger partial charge in [0.2, 0.25) is 5.95 Å². The van der Waals surface area contributed by atoms with Crippen LogP contribution in [0.25, 0.3) is 10.9 Å². The Morgan fingerprint density at radius 3 is 2.41 bits per heavy atom. The molecule has 27 heavy (non-hydrogen) atoms. The van der Waals surface area contributed by atoms with Crippen LogP contribution >= 0.6 is 0 Å². The number of hydrogen-bond donors (Lipinski definition) is 1. The first kappa shape index (κ1) is 18.0. The van der Waals surface area contributed by atoms with Gasteiger partial charge in [0.1, 0.15) is 0 Å². The Labute approximate surface area is 160 Å². The average Bonchev–Trinajstić information content (AvgIpc) is 2.82. The molecule has 1 fully saturated rings. The summed E-state index contributed by atoms with van der Waals surface area (Å²) in [7, 11) is -0.385. The van der Waals surface area contributed by atoms with Crippen molar-refractivity contribution in [2.24, 2.45) is 0 Å². The zero-order valence-electron chi connectivity index (χ0n) is 16.4. The van der Waals surface area contributed by atoms with E-state index in [4.69, 9.17) is 9.31 Å². The van der Waals surface area contributed by atoms with Crippen LogP contribution in [0.4, 0.5) is 11.6 Å². The second kappa shape index (κ2) is 6.32. The first-order valence-corrected chi connectivity index (χ1v) is 9.20. The number of fused-ring (bicyclic) bond motifs is 1. The third kappa shape index (κ3) is 3.43. The van der Waals surface area contributed by atoms with E-state index >= 15 is 0 Å². The van der Waals surface area contributed by atoms with Crippen molar-refractivity contribution < 1.29 is 9.31 Å². The van der Waals surface area contributed by atoms with Crippen LogP contribution in [0.5, 0.6) is 0 Å². The Morgan fingerprint density at radius 2 is 1.70 bits per heavy atom. The van der Waals surface area contributed by atoms with Gasteiger partial charge in [0.25, 0.3) is 0 Å². The van der Waals surface area contributed by atoms with Gasteiger partial charge in [-0.15, -0.1) is 0 Å². The zero-order chi connectivity index (χ0) is 19.2. The van der Waals surface area contributed by atoms with Gasteiger partial charge in [-0.2, -0.15) is 0 Å². The number of benzene rings is 2. The number of nitrogens with zero attached hydrogens (tertiary/aromatic N) is 2. The maximum Gasteiger partial charge on any atom is 0.494 e. The van der Waals surface area contributed by atoms with Crippen LogP contribution in [-0.2, 0) is 9.31 Å². The normalized spacial score (nSPS) is 18.0. The second-order valence-electron chi connectivity index (χ2n) is 8.09. The molecule has 3 aromatic rings. The van der Waals surface area contributed by atoms with Crippen LogP contribution in [0.2, 0.25) is 0 Å². The number of aromatic nitrogens is 2. The SMILES string of the molecule is Cc1cccc(Nc2ncc3cc(B4OC(C)(C)C(C)(C)O4)ccc3n2)c1. The predicted molar refractivity (Wildman–Crippen MR) is 110 cm³/mol. The van der Waals surface area contributed by atoms with Gasteiger partial charge in [-0.1, -0.05) is 24.3 Å². The molecule has 4 rings (SSSR count). The minimum atomic E-state index is -0.385. The minimum absolute atomic E-state index is 0.356. The van der Waals surface area contributed by atoms with E-state index in [0.717, 1.165) is 22.1 Å². The minimum Gasteiger partial charge on any atom is -0.399 e. The summed E-state index contributed by atoms with van der Waals surface area (Å²) in [5, 5.41) is 4.21. The molecule has 0 aliphatic carbocycles. The molecule has 0 amide bonds. The van der Waals surface area contributed by atoms with E-state index in [-0.39, 0.29) is 18.3 Å². The largest absolute Gasteiger partial charge is 0.494 e. The summed E-state index contributed by atoms with van der Waals surface area (Å²) in [5.41, 5.74) is 3.30. The van der Waals surface area contributed by atoms with E-state index in [0.29, 0.717) is 5.95 Å². The molecule has 0 saturated carbocycles. The summed E-state index contributed by atoms with van der Waals surface area (Å²) < 4.78 is 12.3. The summed E-state index contributed by atoms with van der Waals surface area (Å²) in [5.74, 6) is 0.580. The van der Waals surface area contributed by atoms with E-state index in [2.05, 4.69) is 62.0 Å². The molecule has 1 N–H and O–H groups in total. The molecular formula is C21H24BN3O2. The highest BCUT2D eigenvalue weighted by Crippen LogP contribution is 2.36. The molecule has 1 aliphatic heterocycles. The fourth-order valence-electron chi connectivity index (χ4n) is 3.09. The van der Waals surface area contributed by atoms with Crippen molar-refractivity contribution in [1.82, 2.24) is 9.97 Å². The van der Waals surface area contributed by atoms with Gasteiger partial charge >= 0.3 is 7.12 Å². The summed E-state index contributed by atoms with van der Waals surface area (Å²) >= 11 is 0. The number of nitrogens with one attached hydrogen (secondary N) is 1. The Hall–Kier alpha value is -2.44. The van der Waals surface area contributed by atoms with Crippen molar-refractivity contribution in [3.63, 3.8) is 0 Å². The van der Waals surface area contributed by atoms with Crippen molar-refractivity contribution in [1.29, 1.82) is 0 Å². The van der Waals surface area contributed by atoms with Crippen LogP contribution in [0.3, 0.4) is 0 Å². The highest BCUT2D eigenvalue weighted by Gasteiger charge is 2.51. The molecule has 0 bridgehead atoms. The van der Waals surface area contributed by atoms with Gasteiger partial charge in [0, 0.05) is 17.3 Å². The molecule has 0 unspecified atom stereocenters. The Bertz CT molecular complexity index is 988. The van der Waals surface area contributed by atoms with E-state index in [9.17, 15) is 0 Å². The number of aryl methyl sites for hydroxylation is 1. The summed E-state index contributed by atoms with van der Waals surface area (Å²) in [6.07, 6.45) is 1.83. The molecule has 138 valence electrons. The second-order valence-corrected chi connectivity index (χ2v) is 8.09. The first-order chi connectivity index (χ1) is 12.7. The lowest BCUT2D eigenvalue weighted by Gasteiger charge is -2.32. The predicted octanol–water partition coefficient (Wildman–Crippen LogP) is 3.98. The quantitative estimate of drug-likeness (QED) is 0.715. The van der Waals surface area contributed by atoms with E-state index < -0.39 is 0 Å². The van der Waals surface area contributed by atoms with Gasteiger partial charge in [-0.05, 0) is 63.8 Å². The summed E-state index contributed by atoms with van der Waals surface area (Å²) in [6.45, 7) is 10.3. The van der Waals surface area contributed by atoms with Crippen LogP contribution in [0.15, 0.2) is 48.7 Å². The Balaban J connectivity index is 1.59. The lowest BCUT2D eigenvalue weighted by Crippen LogP contribution is -2.41. The third-order valence-corrected chi connectivity index (χ3v) is 5.40. The summed E-state index contributed by atoms with van der Waals surface area (Å²) in [6, 6.07) is 14.2. The van der Waals surface area contributed by atoms with Gasteiger partial charge < -0.3 is 14.6 Å². The fraction of sp³-hybridized carbons (Fsp3) is 0.333. The highest BCUT2D eigenvalue weighted by molar-refractivity contribution is 6.62. The topological polar surface area (TPSA) is 56.3 Å². The van der Waals surface area contributed by atoms with Crippen LogP contribution < -0.4 is 10.8 Å². The molecule has 1 saturated heterocycles. The number of rotatable bonds is 3. The van der Waals surface area contributed by atoms with Crippen LogP contribution in [0.1, 0.15) is 33.3 Å². The Morgan fingerprint density at radius 1 is 0.963 bits per heavy atom. The molecule has 2 heterocycles. The van der Waals surface area contributed by atoms with Gasteiger partial charge in [0.05, 0.1) is 16.7 Å². The monoisotopic (exact) mass is 361 g/mol. The smallest absolute Gasteiger partial charge is 0.399 e. The molecule has 0 spiro atoms. The molecule has 1 aromatic heterocycles. The van der Waals surface area contributed by atoms with Gasteiger partial charge in [0.15, 0.2) is 0 Å². The van der Waals surface area contributed by atoms with Gasteiger partial charge in [-0.3, -0.25) is 0 Å². The van der Waals surface area contributed by atoms with Crippen molar-refractivity contribution in [3.05, 3.63) is 54.2 Å². The lowest BCUT2D eigenvalue weighted by atomic mass is 9.78. The molecule has 6 heteroatoms. The van der Waals surface area contributed by atoms with Gasteiger partial charge in [-0.25, -0.2) is 9.97 Å². The lowest BCUT2D eigenvalue weighted by molar-refractivity contribution is 0.00578. The molecule has 2 aromatic carbocycles. The maximum absolute atomic E-state index is 6.14. The van der Waals surface area contributed by atoms with Crippen molar-refractivity contribution in [2.45, 2.75) is 45.8 Å². The molecule has 5 nitrogen and oxygen atoms in total. The standard InChI is InChI=1S/C21H24BN3O2/c1-14-7-6-8-17(11-14)24-19-23-13-15-12-16(9-10-18(15)25-19)22-26-20(2,3)21(4,5)27-22/h6-13H,1-5H3,(H,23,24,25). The van der Waals surface area contributed by atoms with Crippen LogP contribution in [0, 0.1) is 6.92 Å². The molecule has 0 radical (unpaired) electrons. The fourth-order valence-corrected chi connectivity index (χ4v) is 3.09. The zero-order valence-corrected chi connectivity index (χ0v) is 16.4. The highest BCUT2D eigenvalue weighted by atomic mass is 16.7. The molecular weight excluding hydrogens is 337 g/mol. The average molecular weight is 361 g/mol. The van der Waals surface area contributed by atoms with E-state index in [1.54, 1.807) is 0 Å². The van der Waals surface area contributed by atoms with E-state index in [1.807, 2.05) is 36.5 Å². The third-order valence-electron chi connectivity index (χ3n) is 5.40. The Kier molecular flexibility index (Phi) is 4.20. The first-order valence-electron chi connectivity index (χ1n) is 9.20. The number of anilines is 2. The van der Waals surface area contributed by atoms with Crippen molar-refractivity contribution in [2.75, 3.05) is 5.32 Å². The molecule has 0 atom stereocenters. The molecule has 1 aliphatic rings. The van der Waals surface area contributed by atoms with Crippen molar-refractivity contribution in [3.8, 4) is 0 Å². The van der Waals surface area contributed by atoms with Crippen LogP contribution in [-0.4, -0.2) is 28.3 Å². The summed E-state index contributed by atoms with van der Waals surface area (Å²) in [4.78, 5) is 9.07. The van der Waals surface area contributed by atoms with E-state index in [1.165, 1.54) is 5.56 Å². The van der Waals surface area contributed by atoms with Crippen molar-refractivity contribution >= 4 is 35.1 Å². The maximum atomic E-state index is 6.14. The number of hydrogen-bond acceptors (Lipinski definition) is 5.